The number of nitrogens with one attached hydrogen (secondary N) is 2. The Hall–Kier alpha value is -3.49. The van der Waals surface area contributed by atoms with Crippen LogP contribution in [0.5, 0.6) is 0 Å². The molecule has 3 heterocycles. The molecule has 0 saturated carbocycles. The summed E-state index contributed by atoms with van der Waals surface area (Å²) in [6, 6.07) is 8.68. The second kappa shape index (κ2) is 6.52. The number of nitrogens with zero attached hydrogens (tertiary/aromatic N) is 4. The average Bonchev–Trinajstić information content (AvgIpc) is 3.07. The molecule has 0 aromatic carbocycles. The molecule has 0 fully saturated rings. The third-order valence-electron chi connectivity index (χ3n) is 2.93. The Labute approximate surface area is 130 Å². The maximum Gasteiger partial charge on any atom is 0.353 e. The number of anilines is 3. The number of nitro groups is 1. The molecule has 0 saturated heterocycles. The molecule has 3 rings (SSSR count). The number of hydrogen-bond donors (Lipinski definition) is 2. The van der Waals surface area contributed by atoms with Crippen LogP contribution in [-0.4, -0.2) is 19.9 Å². The van der Waals surface area contributed by atoms with Gasteiger partial charge in [-0.25, -0.2) is 15.0 Å². The normalized spacial score (nSPS) is 10.3. The van der Waals surface area contributed by atoms with Gasteiger partial charge in [0.05, 0.1) is 17.7 Å². The predicted octanol–water partition coefficient (Wildman–Crippen LogP) is 2.73. The van der Waals surface area contributed by atoms with E-state index in [9.17, 15) is 10.1 Å². The van der Waals surface area contributed by atoms with Crippen LogP contribution < -0.4 is 10.6 Å². The summed E-state index contributed by atoms with van der Waals surface area (Å²) in [4.78, 5) is 22.8. The van der Waals surface area contributed by atoms with E-state index >= 15 is 0 Å². The largest absolute Gasteiger partial charge is 0.467 e. The molecule has 0 unspecified atom stereocenters. The van der Waals surface area contributed by atoms with Gasteiger partial charge in [-0.1, -0.05) is 6.07 Å². The van der Waals surface area contributed by atoms with Gasteiger partial charge in [-0.3, -0.25) is 10.1 Å². The van der Waals surface area contributed by atoms with Crippen molar-refractivity contribution < 1.29 is 9.34 Å². The summed E-state index contributed by atoms with van der Waals surface area (Å²) in [5.74, 6) is 1.24. The minimum atomic E-state index is -0.546. The SMILES string of the molecule is O=[N+]([O-])c1c(NCc2ccco2)ncnc1Nc1ccccn1. The fraction of sp³-hybridized carbons (Fsp3) is 0.0714. The molecule has 3 aromatic rings. The van der Waals surface area contributed by atoms with Crippen LogP contribution in [0.1, 0.15) is 5.76 Å². The van der Waals surface area contributed by atoms with E-state index in [2.05, 4.69) is 25.6 Å². The van der Waals surface area contributed by atoms with E-state index < -0.39 is 4.92 Å². The number of hydrogen-bond acceptors (Lipinski definition) is 8. The summed E-state index contributed by atoms with van der Waals surface area (Å²) < 4.78 is 5.18. The maximum atomic E-state index is 11.4. The molecule has 0 atom stereocenters. The Morgan fingerprint density at radius 3 is 2.70 bits per heavy atom. The Morgan fingerprint density at radius 1 is 1.13 bits per heavy atom. The van der Waals surface area contributed by atoms with Gasteiger partial charge in [-0.2, -0.15) is 0 Å². The first-order chi connectivity index (χ1) is 11.2. The molecule has 0 aliphatic rings. The number of pyridine rings is 1. The quantitative estimate of drug-likeness (QED) is 0.526. The first kappa shape index (κ1) is 14.4. The maximum absolute atomic E-state index is 11.4. The lowest BCUT2D eigenvalue weighted by atomic mass is 10.4. The van der Waals surface area contributed by atoms with Gasteiger partial charge in [0, 0.05) is 6.20 Å². The van der Waals surface area contributed by atoms with Crippen LogP contribution in [0.4, 0.5) is 23.1 Å². The van der Waals surface area contributed by atoms with Gasteiger partial charge in [0.15, 0.2) is 0 Å². The van der Waals surface area contributed by atoms with Crippen LogP contribution in [0.3, 0.4) is 0 Å². The lowest BCUT2D eigenvalue weighted by Crippen LogP contribution is -2.08. The topological polar surface area (TPSA) is 119 Å². The van der Waals surface area contributed by atoms with E-state index in [1.54, 1.807) is 36.5 Å². The summed E-state index contributed by atoms with van der Waals surface area (Å²) in [6.45, 7) is 0.272. The van der Waals surface area contributed by atoms with Crippen LogP contribution in [0, 0.1) is 10.1 Å². The van der Waals surface area contributed by atoms with E-state index in [4.69, 9.17) is 4.42 Å². The highest BCUT2D eigenvalue weighted by Crippen LogP contribution is 2.30. The molecule has 0 spiro atoms. The van der Waals surface area contributed by atoms with Crippen LogP contribution in [0.15, 0.2) is 53.5 Å². The number of rotatable bonds is 6. The van der Waals surface area contributed by atoms with Crippen LogP contribution in [0.25, 0.3) is 0 Å². The minimum absolute atomic E-state index is 0.0608. The van der Waals surface area contributed by atoms with E-state index in [0.29, 0.717) is 11.6 Å². The first-order valence-corrected chi connectivity index (χ1v) is 6.68. The highest BCUT2D eigenvalue weighted by molar-refractivity contribution is 5.72. The van der Waals surface area contributed by atoms with Crippen molar-refractivity contribution in [3.63, 3.8) is 0 Å². The molecule has 9 heteroatoms. The Balaban J connectivity index is 1.87. The third kappa shape index (κ3) is 3.40. The molecule has 0 aliphatic heterocycles. The first-order valence-electron chi connectivity index (χ1n) is 6.68. The minimum Gasteiger partial charge on any atom is -0.467 e. The monoisotopic (exact) mass is 312 g/mol. The number of furan rings is 1. The summed E-state index contributed by atoms with van der Waals surface area (Å²) in [5.41, 5.74) is -0.260. The van der Waals surface area contributed by atoms with Gasteiger partial charge in [-0.15, -0.1) is 0 Å². The van der Waals surface area contributed by atoms with Crippen molar-refractivity contribution in [1.29, 1.82) is 0 Å². The molecule has 9 nitrogen and oxygen atoms in total. The molecular formula is C14H12N6O3. The summed E-state index contributed by atoms with van der Waals surface area (Å²) in [6.07, 6.45) is 4.34. The fourth-order valence-corrected chi connectivity index (χ4v) is 1.91. The van der Waals surface area contributed by atoms with Crippen molar-refractivity contribution in [2.45, 2.75) is 6.54 Å². The second-order valence-electron chi connectivity index (χ2n) is 4.45. The average molecular weight is 312 g/mol. The van der Waals surface area contributed by atoms with Gasteiger partial charge in [0.1, 0.15) is 17.9 Å². The van der Waals surface area contributed by atoms with Crippen molar-refractivity contribution in [3.8, 4) is 0 Å². The van der Waals surface area contributed by atoms with E-state index in [1.807, 2.05) is 0 Å². The third-order valence-corrected chi connectivity index (χ3v) is 2.93. The van der Waals surface area contributed by atoms with Crippen LogP contribution >= 0.6 is 0 Å². The van der Waals surface area contributed by atoms with Crippen LogP contribution in [-0.2, 0) is 6.54 Å². The molecule has 2 N–H and O–H groups in total. The highest BCUT2D eigenvalue weighted by Gasteiger charge is 2.23. The highest BCUT2D eigenvalue weighted by atomic mass is 16.6. The summed E-state index contributed by atoms with van der Waals surface area (Å²) >= 11 is 0. The van der Waals surface area contributed by atoms with E-state index in [0.717, 1.165) is 0 Å². The van der Waals surface area contributed by atoms with Gasteiger partial charge >= 0.3 is 5.69 Å². The predicted molar refractivity (Wildman–Crippen MR) is 82.2 cm³/mol. The van der Waals surface area contributed by atoms with Crippen LogP contribution in [0.2, 0.25) is 0 Å². The van der Waals surface area contributed by atoms with Gasteiger partial charge in [0.25, 0.3) is 0 Å². The Morgan fingerprint density at radius 2 is 2.00 bits per heavy atom. The van der Waals surface area contributed by atoms with E-state index in [1.165, 1.54) is 12.6 Å². The van der Waals surface area contributed by atoms with Crippen molar-refractivity contribution in [2.75, 3.05) is 10.6 Å². The second-order valence-corrected chi connectivity index (χ2v) is 4.45. The zero-order valence-corrected chi connectivity index (χ0v) is 11.8. The molecule has 0 aliphatic carbocycles. The van der Waals surface area contributed by atoms with Gasteiger partial charge < -0.3 is 15.1 Å². The molecule has 116 valence electrons. The van der Waals surface area contributed by atoms with Crippen molar-refractivity contribution in [2.24, 2.45) is 0 Å². The lowest BCUT2D eigenvalue weighted by molar-refractivity contribution is -0.383. The zero-order valence-electron chi connectivity index (χ0n) is 11.8. The molecule has 0 radical (unpaired) electrons. The standard InChI is InChI=1S/C14H12N6O3/c21-20(22)12-13(16-8-10-4-3-7-23-10)17-9-18-14(12)19-11-5-1-2-6-15-11/h1-7,9H,8H2,(H2,15,16,17,18,19). The Bertz CT molecular complexity index is 792. The molecular weight excluding hydrogens is 300 g/mol. The smallest absolute Gasteiger partial charge is 0.353 e. The van der Waals surface area contributed by atoms with E-state index in [-0.39, 0.29) is 23.9 Å². The van der Waals surface area contributed by atoms with Crippen molar-refractivity contribution >= 4 is 23.1 Å². The zero-order chi connectivity index (χ0) is 16.1. The molecule has 23 heavy (non-hydrogen) atoms. The summed E-state index contributed by atoms with van der Waals surface area (Å²) in [7, 11) is 0. The van der Waals surface area contributed by atoms with Gasteiger partial charge in [-0.05, 0) is 24.3 Å². The summed E-state index contributed by atoms with van der Waals surface area (Å²) in [5, 5.41) is 17.1. The molecule has 3 aromatic heterocycles. The van der Waals surface area contributed by atoms with Crippen molar-refractivity contribution in [1.82, 2.24) is 15.0 Å². The molecule has 0 bridgehead atoms. The Kier molecular flexibility index (Phi) is 4.09. The van der Waals surface area contributed by atoms with Gasteiger partial charge in [0.2, 0.25) is 11.6 Å². The number of aromatic nitrogens is 3. The van der Waals surface area contributed by atoms with Crippen molar-refractivity contribution in [3.05, 3.63) is 65.0 Å². The fourth-order valence-electron chi connectivity index (χ4n) is 1.91. The molecule has 0 amide bonds. The lowest BCUT2D eigenvalue weighted by Gasteiger charge is -2.08.